The number of hydrogen-bond acceptors (Lipinski definition) is 3. The van der Waals surface area contributed by atoms with Crippen molar-refractivity contribution >= 4 is 6.09 Å². The van der Waals surface area contributed by atoms with Crippen LogP contribution in [0.15, 0.2) is 11.6 Å². The van der Waals surface area contributed by atoms with Crippen molar-refractivity contribution < 1.29 is 9.53 Å². The number of carbonyl (C=O) groups is 1. The van der Waals surface area contributed by atoms with E-state index in [-0.39, 0.29) is 6.04 Å². The molecule has 1 unspecified atom stereocenters. The van der Waals surface area contributed by atoms with E-state index < -0.39 is 6.09 Å². The van der Waals surface area contributed by atoms with Gasteiger partial charge in [-0.15, -0.1) is 0 Å². The summed E-state index contributed by atoms with van der Waals surface area (Å²) in [6, 6.07) is 0.290. The first-order chi connectivity index (χ1) is 5.70. The summed E-state index contributed by atoms with van der Waals surface area (Å²) in [6.07, 6.45) is 2.36. The Morgan fingerprint density at radius 1 is 1.92 bits per heavy atom. The zero-order valence-electron chi connectivity index (χ0n) is 7.17. The molecular weight excluding hydrogens is 156 g/mol. The smallest absolute Gasteiger partial charge is 0.404 e. The molecule has 1 aliphatic rings. The lowest BCUT2D eigenvalue weighted by Gasteiger charge is -2.21. The highest BCUT2D eigenvalue weighted by Gasteiger charge is 2.12. The van der Waals surface area contributed by atoms with Gasteiger partial charge in [0.1, 0.15) is 6.61 Å². The number of nitrogens with two attached hydrogens (primary N) is 1. The van der Waals surface area contributed by atoms with Gasteiger partial charge < -0.3 is 15.8 Å². The van der Waals surface area contributed by atoms with Crippen molar-refractivity contribution in [2.75, 3.05) is 13.2 Å². The second-order valence-electron chi connectivity index (χ2n) is 2.85. The molecule has 0 radical (unpaired) electrons. The van der Waals surface area contributed by atoms with E-state index in [0.717, 1.165) is 18.5 Å². The normalized spacial score (nSPS) is 23.1. The molecule has 0 bridgehead atoms. The molecule has 4 heteroatoms. The number of carbonyl (C=O) groups excluding carboxylic acids is 1. The van der Waals surface area contributed by atoms with E-state index in [0.29, 0.717) is 6.61 Å². The second kappa shape index (κ2) is 4.11. The molecule has 1 rings (SSSR count). The van der Waals surface area contributed by atoms with Gasteiger partial charge in [-0.1, -0.05) is 6.08 Å². The highest BCUT2D eigenvalue weighted by Crippen LogP contribution is 2.08. The molecule has 0 spiro atoms. The molecule has 1 atom stereocenters. The monoisotopic (exact) mass is 170 g/mol. The van der Waals surface area contributed by atoms with E-state index in [4.69, 9.17) is 5.73 Å². The quantitative estimate of drug-likeness (QED) is 0.589. The number of amides is 1. The lowest BCUT2D eigenvalue weighted by atomic mass is 10.1. The van der Waals surface area contributed by atoms with Crippen molar-refractivity contribution in [3.05, 3.63) is 11.6 Å². The maximum absolute atomic E-state index is 10.3. The number of hydrogen-bond donors (Lipinski definition) is 2. The molecular formula is C8H14N2O2. The van der Waals surface area contributed by atoms with Gasteiger partial charge in [0.15, 0.2) is 0 Å². The van der Waals surface area contributed by atoms with Crippen LogP contribution in [0.1, 0.15) is 13.3 Å². The molecule has 3 N–H and O–H groups in total. The van der Waals surface area contributed by atoms with Gasteiger partial charge in [0, 0.05) is 6.04 Å². The van der Waals surface area contributed by atoms with Crippen molar-refractivity contribution in [3.63, 3.8) is 0 Å². The van der Waals surface area contributed by atoms with Gasteiger partial charge in [-0.05, 0) is 25.5 Å². The Bertz CT molecular complexity index is 201. The lowest BCUT2D eigenvalue weighted by Crippen LogP contribution is -2.34. The van der Waals surface area contributed by atoms with Crippen LogP contribution in [0.5, 0.6) is 0 Å². The molecule has 0 aromatic heterocycles. The minimum Gasteiger partial charge on any atom is -0.445 e. The molecule has 0 aliphatic carbocycles. The number of ether oxygens (including phenoxy) is 1. The summed E-state index contributed by atoms with van der Waals surface area (Å²) >= 11 is 0. The third-order valence-electron chi connectivity index (χ3n) is 1.94. The van der Waals surface area contributed by atoms with Crippen LogP contribution >= 0.6 is 0 Å². The standard InChI is InChI=1S/C8H14N2O2/c1-6-7(3-2-4-10-6)5-12-8(9)11/h3,6,10H,2,4-5H2,1H3,(H2,9,11). The molecule has 1 aliphatic heterocycles. The minimum absolute atomic E-state index is 0.290. The van der Waals surface area contributed by atoms with Crippen molar-refractivity contribution in [1.29, 1.82) is 0 Å². The topological polar surface area (TPSA) is 64.3 Å². The molecule has 1 amide bonds. The Hall–Kier alpha value is -1.03. The van der Waals surface area contributed by atoms with E-state index in [1.165, 1.54) is 0 Å². The van der Waals surface area contributed by atoms with Gasteiger partial charge in [-0.3, -0.25) is 0 Å². The lowest BCUT2D eigenvalue weighted by molar-refractivity contribution is 0.164. The van der Waals surface area contributed by atoms with Gasteiger partial charge in [-0.2, -0.15) is 0 Å². The first-order valence-electron chi connectivity index (χ1n) is 4.04. The van der Waals surface area contributed by atoms with Crippen LogP contribution in [0, 0.1) is 0 Å². The summed E-state index contributed by atoms with van der Waals surface area (Å²) in [5.74, 6) is 0. The maximum Gasteiger partial charge on any atom is 0.404 e. The second-order valence-corrected chi connectivity index (χ2v) is 2.85. The van der Waals surface area contributed by atoms with Gasteiger partial charge in [0.2, 0.25) is 0 Å². The van der Waals surface area contributed by atoms with Crippen LogP contribution in [0.25, 0.3) is 0 Å². The van der Waals surface area contributed by atoms with Crippen LogP contribution in [0.2, 0.25) is 0 Å². The fourth-order valence-electron chi connectivity index (χ4n) is 1.20. The summed E-state index contributed by atoms with van der Waals surface area (Å²) in [6.45, 7) is 3.33. The molecule has 0 fully saturated rings. The van der Waals surface area contributed by atoms with E-state index >= 15 is 0 Å². The van der Waals surface area contributed by atoms with Crippen LogP contribution in [-0.2, 0) is 4.74 Å². The molecule has 0 aromatic rings. The third-order valence-corrected chi connectivity index (χ3v) is 1.94. The maximum atomic E-state index is 10.3. The van der Waals surface area contributed by atoms with Crippen LogP contribution in [0.4, 0.5) is 4.79 Å². The zero-order valence-corrected chi connectivity index (χ0v) is 7.17. The number of primary amides is 1. The SMILES string of the molecule is CC1NCCC=C1COC(N)=O. The Morgan fingerprint density at radius 3 is 3.25 bits per heavy atom. The van der Waals surface area contributed by atoms with Gasteiger partial charge >= 0.3 is 6.09 Å². The summed E-state index contributed by atoms with van der Waals surface area (Å²) in [5.41, 5.74) is 5.94. The molecule has 12 heavy (non-hydrogen) atoms. The summed E-state index contributed by atoms with van der Waals surface area (Å²) in [5, 5.41) is 3.26. The first-order valence-corrected chi connectivity index (χ1v) is 4.04. The van der Waals surface area contributed by atoms with E-state index in [1.54, 1.807) is 0 Å². The van der Waals surface area contributed by atoms with E-state index in [2.05, 4.69) is 16.1 Å². The van der Waals surface area contributed by atoms with E-state index in [9.17, 15) is 4.79 Å². The average Bonchev–Trinajstić information content (AvgIpc) is 2.03. The fraction of sp³-hybridized carbons (Fsp3) is 0.625. The van der Waals surface area contributed by atoms with Crippen molar-refractivity contribution in [2.24, 2.45) is 5.73 Å². The van der Waals surface area contributed by atoms with Crippen molar-refractivity contribution in [2.45, 2.75) is 19.4 Å². The van der Waals surface area contributed by atoms with Gasteiger partial charge in [-0.25, -0.2) is 4.79 Å². The van der Waals surface area contributed by atoms with Crippen LogP contribution in [-0.4, -0.2) is 25.3 Å². The van der Waals surface area contributed by atoms with Crippen molar-refractivity contribution in [3.8, 4) is 0 Å². The largest absolute Gasteiger partial charge is 0.445 e. The van der Waals surface area contributed by atoms with Crippen LogP contribution < -0.4 is 11.1 Å². The molecule has 0 saturated carbocycles. The van der Waals surface area contributed by atoms with Crippen LogP contribution in [0.3, 0.4) is 0 Å². The Morgan fingerprint density at radius 2 is 2.67 bits per heavy atom. The molecule has 4 nitrogen and oxygen atoms in total. The summed E-state index contributed by atoms with van der Waals surface area (Å²) in [4.78, 5) is 10.3. The Balaban J connectivity index is 2.39. The van der Waals surface area contributed by atoms with Gasteiger partial charge in [0.05, 0.1) is 0 Å². The first kappa shape index (κ1) is 9.06. The predicted molar refractivity (Wildman–Crippen MR) is 45.7 cm³/mol. The molecule has 0 saturated heterocycles. The van der Waals surface area contributed by atoms with E-state index in [1.807, 2.05) is 6.92 Å². The van der Waals surface area contributed by atoms with Gasteiger partial charge in [0.25, 0.3) is 0 Å². The number of nitrogens with one attached hydrogen (secondary N) is 1. The summed E-state index contributed by atoms with van der Waals surface area (Å²) in [7, 11) is 0. The van der Waals surface area contributed by atoms with Crippen molar-refractivity contribution in [1.82, 2.24) is 5.32 Å². The fourth-order valence-corrected chi connectivity index (χ4v) is 1.20. The third kappa shape index (κ3) is 2.54. The Labute approximate surface area is 71.8 Å². The Kier molecular flexibility index (Phi) is 3.10. The highest BCUT2D eigenvalue weighted by atomic mass is 16.5. The predicted octanol–water partition coefficient (Wildman–Crippen LogP) is 0.390. The minimum atomic E-state index is -0.714. The molecule has 0 aromatic carbocycles. The molecule has 68 valence electrons. The highest BCUT2D eigenvalue weighted by molar-refractivity contribution is 5.64. The number of rotatable bonds is 2. The zero-order chi connectivity index (χ0) is 8.97. The summed E-state index contributed by atoms with van der Waals surface area (Å²) < 4.78 is 4.68. The molecule has 1 heterocycles. The average molecular weight is 170 g/mol.